The van der Waals surface area contributed by atoms with Crippen LogP contribution in [0.25, 0.3) is 0 Å². The zero-order valence-electron chi connectivity index (χ0n) is 12.5. The molecule has 0 aliphatic rings. The molecule has 2 aromatic rings. The Morgan fingerprint density at radius 1 is 1.29 bits per heavy atom. The fourth-order valence-electron chi connectivity index (χ4n) is 2.12. The third-order valence-electron chi connectivity index (χ3n) is 3.36. The summed E-state index contributed by atoms with van der Waals surface area (Å²) >= 11 is 0. The van der Waals surface area contributed by atoms with Gasteiger partial charge in [-0.05, 0) is 31.4 Å². The largest absolute Gasteiger partial charge is 0.324 e. The molecule has 0 aliphatic carbocycles. The average Bonchev–Trinajstić information content (AvgIpc) is 2.45. The molecule has 0 unspecified atom stereocenters. The molecule has 1 amide bonds. The zero-order chi connectivity index (χ0) is 15.4. The van der Waals surface area contributed by atoms with E-state index in [0.29, 0.717) is 6.42 Å². The first-order valence-corrected chi connectivity index (χ1v) is 6.92. The summed E-state index contributed by atoms with van der Waals surface area (Å²) in [6.07, 6.45) is 2.12. The number of nitrogens with zero attached hydrogens (tertiary/aromatic N) is 2. The van der Waals surface area contributed by atoms with Crippen LogP contribution >= 0.6 is 0 Å². The molecule has 0 radical (unpaired) electrons. The summed E-state index contributed by atoms with van der Waals surface area (Å²) in [7, 11) is 0. The molecular weight excluding hydrogens is 266 g/mol. The second-order valence-corrected chi connectivity index (χ2v) is 5.01. The molecule has 0 atom stereocenters. The van der Waals surface area contributed by atoms with Crippen molar-refractivity contribution in [2.75, 3.05) is 5.32 Å². The van der Waals surface area contributed by atoms with E-state index in [0.717, 1.165) is 22.5 Å². The van der Waals surface area contributed by atoms with E-state index in [2.05, 4.69) is 10.3 Å². The summed E-state index contributed by atoms with van der Waals surface area (Å²) in [4.78, 5) is 28.1. The lowest BCUT2D eigenvalue weighted by Gasteiger charge is -2.12. The number of benzene rings is 1. The number of aryl methyl sites for hydroxylation is 3. The lowest BCUT2D eigenvalue weighted by atomic mass is 10.1. The maximum absolute atomic E-state index is 12.1. The van der Waals surface area contributed by atoms with Crippen molar-refractivity contribution in [2.24, 2.45) is 0 Å². The summed E-state index contributed by atoms with van der Waals surface area (Å²) in [5.41, 5.74) is 3.31. The Morgan fingerprint density at radius 2 is 1.95 bits per heavy atom. The van der Waals surface area contributed by atoms with Crippen LogP contribution < -0.4 is 10.9 Å². The second-order valence-electron chi connectivity index (χ2n) is 5.01. The highest BCUT2D eigenvalue weighted by atomic mass is 16.2. The van der Waals surface area contributed by atoms with Crippen LogP contribution in [0.2, 0.25) is 0 Å². The Bertz CT molecular complexity index is 699. The van der Waals surface area contributed by atoms with Crippen molar-refractivity contribution >= 4 is 11.6 Å². The lowest BCUT2D eigenvalue weighted by Crippen LogP contribution is -2.28. The number of para-hydroxylation sites is 1. The Labute approximate surface area is 123 Å². The minimum absolute atomic E-state index is 0.0381. The molecule has 5 heteroatoms. The van der Waals surface area contributed by atoms with Crippen molar-refractivity contribution in [2.45, 2.75) is 33.7 Å². The number of amides is 1. The highest BCUT2D eigenvalue weighted by Crippen LogP contribution is 2.19. The van der Waals surface area contributed by atoms with Crippen LogP contribution in [-0.2, 0) is 17.8 Å². The van der Waals surface area contributed by atoms with Gasteiger partial charge in [0, 0.05) is 17.4 Å². The lowest BCUT2D eigenvalue weighted by molar-refractivity contribution is -0.116. The molecule has 0 fully saturated rings. The predicted molar refractivity (Wildman–Crippen MR) is 82.4 cm³/mol. The smallest absolute Gasteiger partial charge is 0.253 e. The first-order valence-electron chi connectivity index (χ1n) is 6.92. The summed E-state index contributed by atoms with van der Waals surface area (Å²) in [5.74, 6) is -0.236. The van der Waals surface area contributed by atoms with E-state index in [1.165, 1.54) is 17.0 Å². The van der Waals surface area contributed by atoms with Gasteiger partial charge in [0.05, 0.1) is 6.33 Å². The standard InChI is InChI=1S/C16H19N3O2/c1-4-13-8-15(21)19(10-17-13)9-14(20)18-16-11(2)6-5-7-12(16)3/h5-8,10H,4,9H2,1-3H3,(H,18,20). The molecule has 0 saturated heterocycles. The fourth-order valence-corrected chi connectivity index (χ4v) is 2.12. The van der Waals surface area contributed by atoms with Crippen LogP contribution in [0.15, 0.2) is 35.4 Å². The molecule has 1 N–H and O–H groups in total. The molecule has 110 valence electrons. The van der Waals surface area contributed by atoms with Crippen LogP contribution in [0, 0.1) is 13.8 Å². The van der Waals surface area contributed by atoms with E-state index >= 15 is 0 Å². The summed E-state index contributed by atoms with van der Waals surface area (Å²) in [5, 5.41) is 2.86. The molecule has 2 rings (SSSR count). The number of hydrogen-bond acceptors (Lipinski definition) is 3. The minimum Gasteiger partial charge on any atom is -0.324 e. The summed E-state index contributed by atoms with van der Waals surface area (Å²) < 4.78 is 1.31. The van der Waals surface area contributed by atoms with Crippen molar-refractivity contribution < 1.29 is 4.79 Å². The van der Waals surface area contributed by atoms with Crippen molar-refractivity contribution in [3.63, 3.8) is 0 Å². The average molecular weight is 285 g/mol. The zero-order valence-corrected chi connectivity index (χ0v) is 12.5. The number of hydrogen-bond donors (Lipinski definition) is 1. The van der Waals surface area contributed by atoms with Gasteiger partial charge in [0.15, 0.2) is 0 Å². The van der Waals surface area contributed by atoms with Crippen LogP contribution in [0.5, 0.6) is 0 Å². The van der Waals surface area contributed by atoms with Crippen LogP contribution in [0.3, 0.4) is 0 Å². The molecule has 1 aromatic carbocycles. The van der Waals surface area contributed by atoms with Gasteiger partial charge in [-0.2, -0.15) is 0 Å². The Kier molecular flexibility index (Phi) is 4.52. The van der Waals surface area contributed by atoms with Crippen molar-refractivity contribution in [1.82, 2.24) is 9.55 Å². The first kappa shape index (κ1) is 15.0. The van der Waals surface area contributed by atoms with Crippen molar-refractivity contribution in [1.29, 1.82) is 0 Å². The third-order valence-corrected chi connectivity index (χ3v) is 3.36. The molecule has 0 saturated carbocycles. The van der Waals surface area contributed by atoms with Gasteiger partial charge in [-0.3, -0.25) is 14.2 Å². The maximum atomic E-state index is 12.1. The number of anilines is 1. The van der Waals surface area contributed by atoms with Gasteiger partial charge in [-0.25, -0.2) is 4.98 Å². The highest BCUT2D eigenvalue weighted by Gasteiger charge is 2.09. The maximum Gasteiger partial charge on any atom is 0.253 e. The Balaban J connectivity index is 2.14. The molecule has 21 heavy (non-hydrogen) atoms. The SMILES string of the molecule is CCc1cc(=O)n(CC(=O)Nc2c(C)cccc2C)cn1. The van der Waals surface area contributed by atoms with Gasteiger partial charge in [-0.15, -0.1) is 0 Å². The minimum atomic E-state index is -0.236. The number of aromatic nitrogens is 2. The molecule has 0 aliphatic heterocycles. The van der Waals surface area contributed by atoms with Gasteiger partial charge in [0.1, 0.15) is 6.54 Å². The Hall–Kier alpha value is -2.43. The number of nitrogens with one attached hydrogen (secondary N) is 1. The molecule has 5 nitrogen and oxygen atoms in total. The van der Waals surface area contributed by atoms with Crippen LogP contribution in [0.1, 0.15) is 23.7 Å². The van der Waals surface area contributed by atoms with E-state index in [9.17, 15) is 9.59 Å². The summed E-state index contributed by atoms with van der Waals surface area (Å²) in [6.45, 7) is 5.77. The van der Waals surface area contributed by atoms with Crippen LogP contribution in [0.4, 0.5) is 5.69 Å². The fraction of sp³-hybridized carbons (Fsp3) is 0.312. The normalized spacial score (nSPS) is 10.4. The second kappa shape index (κ2) is 6.35. The topological polar surface area (TPSA) is 64.0 Å². The number of carbonyl (C=O) groups is 1. The molecule has 0 spiro atoms. The van der Waals surface area contributed by atoms with Gasteiger partial charge in [0.25, 0.3) is 5.56 Å². The first-order chi connectivity index (χ1) is 10.0. The van der Waals surface area contributed by atoms with E-state index in [-0.39, 0.29) is 18.0 Å². The van der Waals surface area contributed by atoms with Gasteiger partial charge < -0.3 is 5.32 Å². The molecular formula is C16H19N3O2. The molecule has 0 bridgehead atoms. The van der Waals surface area contributed by atoms with E-state index in [1.54, 1.807) is 0 Å². The molecule has 1 heterocycles. The predicted octanol–water partition coefficient (Wildman–Crippen LogP) is 2.06. The Morgan fingerprint density at radius 3 is 2.52 bits per heavy atom. The van der Waals surface area contributed by atoms with Crippen molar-refractivity contribution in [3.8, 4) is 0 Å². The number of rotatable bonds is 4. The quantitative estimate of drug-likeness (QED) is 0.935. The highest BCUT2D eigenvalue weighted by molar-refractivity contribution is 5.92. The van der Waals surface area contributed by atoms with Crippen LogP contribution in [-0.4, -0.2) is 15.5 Å². The number of carbonyl (C=O) groups excluding carboxylic acids is 1. The molecule has 1 aromatic heterocycles. The van der Waals surface area contributed by atoms with Crippen molar-refractivity contribution in [3.05, 3.63) is 57.8 Å². The summed E-state index contributed by atoms with van der Waals surface area (Å²) in [6, 6.07) is 7.28. The van der Waals surface area contributed by atoms with E-state index in [1.807, 2.05) is 39.0 Å². The van der Waals surface area contributed by atoms with E-state index < -0.39 is 0 Å². The van der Waals surface area contributed by atoms with Gasteiger partial charge in [0.2, 0.25) is 5.91 Å². The third kappa shape index (κ3) is 3.56. The van der Waals surface area contributed by atoms with E-state index in [4.69, 9.17) is 0 Å². The monoisotopic (exact) mass is 285 g/mol. The van der Waals surface area contributed by atoms with Gasteiger partial charge >= 0.3 is 0 Å². The van der Waals surface area contributed by atoms with Gasteiger partial charge in [-0.1, -0.05) is 25.1 Å².